The van der Waals surface area contributed by atoms with Crippen molar-refractivity contribution in [3.8, 4) is 11.5 Å². The van der Waals surface area contributed by atoms with E-state index in [-0.39, 0.29) is 17.7 Å². The second-order valence-corrected chi connectivity index (χ2v) is 7.45. The second kappa shape index (κ2) is 10.7. The van der Waals surface area contributed by atoms with Crippen molar-refractivity contribution in [3.05, 3.63) is 42.4 Å². The van der Waals surface area contributed by atoms with Gasteiger partial charge in [0.25, 0.3) is 5.91 Å². The van der Waals surface area contributed by atoms with Crippen molar-refractivity contribution in [3.63, 3.8) is 0 Å². The maximum absolute atomic E-state index is 12.9. The van der Waals surface area contributed by atoms with Crippen molar-refractivity contribution in [2.75, 3.05) is 31.6 Å². The van der Waals surface area contributed by atoms with Gasteiger partial charge in [-0.15, -0.1) is 0 Å². The first-order valence-electron chi connectivity index (χ1n) is 10.6. The van der Waals surface area contributed by atoms with E-state index in [1.54, 1.807) is 17.0 Å². The normalized spacial score (nSPS) is 16.2. The Labute approximate surface area is 177 Å². The number of piperidine rings is 1. The van der Waals surface area contributed by atoms with Crippen molar-refractivity contribution in [1.29, 1.82) is 0 Å². The summed E-state index contributed by atoms with van der Waals surface area (Å²) >= 11 is 0. The molecular formula is C23H30N2O5. The number of ether oxygens (including phenoxy) is 2. The number of hydrogen-bond donors (Lipinski definition) is 1. The van der Waals surface area contributed by atoms with E-state index in [1.165, 1.54) is 12.5 Å². The highest BCUT2D eigenvalue weighted by molar-refractivity contribution is 5.96. The van der Waals surface area contributed by atoms with E-state index in [0.29, 0.717) is 49.1 Å². The molecule has 0 aliphatic carbocycles. The van der Waals surface area contributed by atoms with E-state index in [2.05, 4.69) is 5.32 Å². The fraction of sp³-hybridized carbons (Fsp3) is 0.478. The zero-order chi connectivity index (χ0) is 21.3. The van der Waals surface area contributed by atoms with E-state index in [0.717, 1.165) is 25.7 Å². The van der Waals surface area contributed by atoms with Gasteiger partial charge in [0, 0.05) is 24.8 Å². The van der Waals surface area contributed by atoms with Crippen molar-refractivity contribution in [2.24, 2.45) is 5.92 Å². The van der Waals surface area contributed by atoms with Crippen LogP contribution in [0.15, 0.2) is 41.2 Å². The number of likely N-dealkylation sites (tertiary alicyclic amines) is 1. The molecule has 1 aromatic carbocycles. The monoisotopic (exact) mass is 414 g/mol. The van der Waals surface area contributed by atoms with Gasteiger partial charge in [0.15, 0.2) is 11.5 Å². The molecule has 1 atom stereocenters. The Morgan fingerprint density at radius 2 is 1.90 bits per heavy atom. The molecule has 0 spiro atoms. The Morgan fingerprint density at radius 1 is 1.13 bits per heavy atom. The molecule has 1 unspecified atom stereocenters. The molecule has 1 saturated heterocycles. The number of nitrogens with zero attached hydrogens (tertiary/aromatic N) is 1. The molecule has 7 nitrogen and oxygen atoms in total. The number of carbonyl (C=O) groups is 2. The van der Waals surface area contributed by atoms with Crippen LogP contribution in [0, 0.1) is 5.92 Å². The fourth-order valence-electron chi connectivity index (χ4n) is 3.43. The number of anilines is 1. The molecular weight excluding hydrogens is 384 g/mol. The van der Waals surface area contributed by atoms with Gasteiger partial charge in [-0.3, -0.25) is 9.59 Å². The SMILES string of the molecule is CCCOc1ccc(NC(=O)C2CCCN(C(=O)c3ccoc3)C2)cc1OCCC. The largest absolute Gasteiger partial charge is 0.490 e. The second-order valence-electron chi connectivity index (χ2n) is 7.45. The summed E-state index contributed by atoms with van der Waals surface area (Å²) in [6, 6.07) is 7.09. The summed E-state index contributed by atoms with van der Waals surface area (Å²) in [6.07, 6.45) is 6.24. The molecule has 2 heterocycles. The maximum Gasteiger partial charge on any atom is 0.257 e. The van der Waals surface area contributed by atoms with Crippen LogP contribution in [0.5, 0.6) is 11.5 Å². The molecule has 162 valence electrons. The van der Waals surface area contributed by atoms with Gasteiger partial charge in [0.2, 0.25) is 5.91 Å². The molecule has 2 aromatic rings. The zero-order valence-corrected chi connectivity index (χ0v) is 17.7. The minimum absolute atomic E-state index is 0.0941. The van der Waals surface area contributed by atoms with E-state index < -0.39 is 0 Å². The van der Waals surface area contributed by atoms with Gasteiger partial charge in [-0.25, -0.2) is 0 Å². The van der Waals surface area contributed by atoms with Crippen molar-refractivity contribution < 1.29 is 23.5 Å². The Kier molecular flexibility index (Phi) is 7.76. The Hall–Kier alpha value is -2.96. The molecule has 1 N–H and O–H groups in total. The summed E-state index contributed by atoms with van der Waals surface area (Å²) < 4.78 is 16.6. The molecule has 1 fully saturated rings. The zero-order valence-electron chi connectivity index (χ0n) is 17.7. The summed E-state index contributed by atoms with van der Waals surface area (Å²) in [5, 5.41) is 2.98. The smallest absolute Gasteiger partial charge is 0.257 e. The minimum atomic E-state index is -0.259. The summed E-state index contributed by atoms with van der Waals surface area (Å²) in [5.74, 6) is 0.851. The number of hydrogen-bond acceptors (Lipinski definition) is 5. The highest BCUT2D eigenvalue weighted by atomic mass is 16.5. The molecule has 0 bridgehead atoms. The molecule has 1 aliphatic rings. The third-order valence-electron chi connectivity index (χ3n) is 4.98. The quantitative estimate of drug-likeness (QED) is 0.660. The summed E-state index contributed by atoms with van der Waals surface area (Å²) in [4.78, 5) is 27.1. The van der Waals surface area contributed by atoms with Crippen LogP contribution in [-0.2, 0) is 4.79 Å². The van der Waals surface area contributed by atoms with Gasteiger partial charge >= 0.3 is 0 Å². The summed E-state index contributed by atoms with van der Waals surface area (Å²) in [6.45, 7) is 6.31. The van der Waals surface area contributed by atoms with Crippen molar-refractivity contribution >= 4 is 17.5 Å². The molecule has 30 heavy (non-hydrogen) atoms. The minimum Gasteiger partial charge on any atom is -0.490 e. The molecule has 0 saturated carbocycles. The van der Waals surface area contributed by atoms with Crippen LogP contribution >= 0.6 is 0 Å². The lowest BCUT2D eigenvalue weighted by Crippen LogP contribution is -2.43. The van der Waals surface area contributed by atoms with Gasteiger partial charge in [-0.1, -0.05) is 13.8 Å². The number of furan rings is 1. The summed E-state index contributed by atoms with van der Waals surface area (Å²) in [5.41, 5.74) is 1.17. The van der Waals surface area contributed by atoms with Crippen LogP contribution in [-0.4, -0.2) is 43.0 Å². The van der Waals surface area contributed by atoms with E-state index >= 15 is 0 Å². The lowest BCUT2D eigenvalue weighted by Gasteiger charge is -2.31. The average Bonchev–Trinajstić information content (AvgIpc) is 3.31. The Bertz CT molecular complexity index is 834. The van der Waals surface area contributed by atoms with E-state index in [9.17, 15) is 9.59 Å². The van der Waals surface area contributed by atoms with Crippen molar-refractivity contribution in [2.45, 2.75) is 39.5 Å². The number of amides is 2. The van der Waals surface area contributed by atoms with Crippen LogP contribution in [0.3, 0.4) is 0 Å². The first-order chi connectivity index (χ1) is 14.6. The van der Waals surface area contributed by atoms with Crippen molar-refractivity contribution in [1.82, 2.24) is 4.90 Å². The van der Waals surface area contributed by atoms with Gasteiger partial charge in [0.05, 0.1) is 31.0 Å². The first-order valence-corrected chi connectivity index (χ1v) is 10.6. The predicted molar refractivity (Wildman–Crippen MR) is 114 cm³/mol. The molecule has 0 radical (unpaired) electrons. The molecule has 1 aliphatic heterocycles. The highest BCUT2D eigenvalue weighted by Crippen LogP contribution is 2.31. The van der Waals surface area contributed by atoms with Gasteiger partial charge < -0.3 is 24.1 Å². The number of nitrogens with one attached hydrogen (secondary N) is 1. The lowest BCUT2D eigenvalue weighted by atomic mass is 9.96. The van der Waals surface area contributed by atoms with Crippen LogP contribution in [0.25, 0.3) is 0 Å². The number of rotatable bonds is 9. The van der Waals surface area contributed by atoms with Crippen LogP contribution in [0.1, 0.15) is 49.9 Å². The Morgan fingerprint density at radius 3 is 2.60 bits per heavy atom. The van der Waals surface area contributed by atoms with Gasteiger partial charge in [-0.2, -0.15) is 0 Å². The third-order valence-corrected chi connectivity index (χ3v) is 4.98. The molecule has 1 aromatic heterocycles. The maximum atomic E-state index is 12.9. The average molecular weight is 415 g/mol. The topological polar surface area (TPSA) is 81.0 Å². The van der Waals surface area contributed by atoms with Gasteiger partial charge in [0.1, 0.15) is 6.26 Å². The third kappa shape index (κ3) is 5.55. The Balaban J connectivity index is 1.64. The predicted octanol–water partition coefficient (Wildman–Crippen LogP) is 4.35. The standard InChI is InChI=1S/C23H30N2O5/c1-3-11-29-20-8-7-19(14-21(20)30-12-4-2)24-22(26)17-6-5-10-25(15-17)23(27)18-9-13-28-16-18/h7-9,13-14,16-17H,3-6,10-12,15H2,1-2H3,(H,24,26). The number of carbonyl (C=O) groups excluding carboxylic acids is 2. The molecule has 2 amide bonds. The first kappa shape index (κ1) is 21.7. The van der Waals surface area contributed by atoms with E-state index in [1.807, 2.05) is 26.0 Å². The number of benzene rings is 1. The highest BCUT2D eigenvalue weighted by Gasteiger charge is 2.29. The lowest BCUT2D eigenvalue weighted by molar-refractivity contribution is -0.121. The molecule has 7 heteroatoms. The van der Waals surface area contributed by atoms with Crippen LogP contribution < -0.4 is 14.8 Å². The van der Waals surface area contributed by atoms with Crippen LogP contribution in [0.2, 0.25) is 0 Å². The fourth-order valence-corrected chi connectivity index (χ4v) is 3.43. The molecule has 3 rings (SSSR count). The van der Waals surface area contributed by atoms with E-state index in [4.69, 9.17) is 13.9 Å². The van der Waals surface area contributed by atoms with Crippen LogP contribution in [0.4, 0.5) is 5.69 Å². The summed E-state index contributed by atoms with van der Waals surface area (Å²) in [7, 11) is 0. The van der Waals surface area contributed by atoms with Gasteiger partial charge in [-0.05, 0) is 43.9 Å².